The van der Waals surface area contributed by atoms with Crippen LogP contribution in [0, 0.1) is 5.92 Å². The zero-order valence-corrected chi connectivity index (χ0v) is 15.5. The van der Waals surface area contributed by atoms with Gasteiger partial charge in [-0.2, -0.15) is 0 Å². The molecule has 0 radical (unpaired) electrons. The quantitative estimate of drug-likeness (QED) is 0.681. The molecule has 0 fully saturated rings. The Morgan fingerprint density at radius 1 is 1.04 bits per heavy atom. The van der Waals surface area contributed by atoms with Crippen LogP contribution in [0.15, 0.2) is 42.5 Å². The van der Waals surface area contributed by atoms with Gasteiger partial charge in [0.05, 0.1) is 11.1 Å². The standard InChI is InChI=1S/C17H16O4.C4H11N/c1-2-5-11-8-9-14(15(18)10-11)16(19)12-6-3-4-7-13(12)17(20)21;1-4(2)3-5/h3-4,6-10,18H,2,5H2,1H3,(H,20,21);4H,3,5H2,1-2H3. The highest BCUT2D eigenvalue weighted by molar-refractivity contribution is 6.15. The first-order valence-corrected chi connectivity index (χ1v) is 8.70. The van der Waals surface area contributed by atoms with E-state index < -0.39 is 11.8 Å². The van der Waals surface area contributed by atoms with Gasteiger partial charge in [-0.3, -0.25) is 4.79 Å². The molecule has 2 rings (SSSR count). The van der Waals surface area contributed by atoms with Crippen molar-refractivity contribution in [1.82, 2.24) is 0 Å². The molecule has 5 nitrogen and oxygen atoms in total. The van der Waals surface area contributed by atoms with Gasteiger partial charge in [-0.1, -0.05) is 51.5 Å². The van der Waals surface area contributed by atoms with Gasteiger partial charge in [0.15, 0.2) is 5.78 Å². The molecule has 0 aliphatic rings. The Morgan fingerprint density at radius 3 is 2.08 bits per heavy atom. The fourth-order valence-corrected chi connectivity index (χ4v) is 2.23. The number of hydrogen-bond acceptors (Lipinski definition) is 4. The SMILES string of the molecule is CC(C)CN.CCCc1ccc(C(=O)c2ccccc2C(=O)O)c(O)c1. The highest BCUT2D eigenvalue weighted by Crippen LogP contribution is 2.24. The number of benzene rings is 2. The highest BCUT2D eigenvalue weighted by Gasteiger charge is 2.19. The molecule has 0 aromatic heterocycles. The molecule has 2 aromatic carbocycles. The van der Waals surface area contributed by atoms with E-state index in [1.165, 1.54) is 12.1 Å². The molecular formula is C21H27NO4. The summed E-state index contributed by atoms with van der Waals surface area (Å²) in [5.41, 5.74) is 6.23. The van der Waals surface area contributed by atoms with E-state index in [9.17, 15) is 14.7 Å². The minimum atomic E-state index is -1.17. The number of carbonyl (C=O) groups is 2. The van der Waals surface area contributed by atoms with Gasteiger partial charge >= 0.3 is 5.97 Å². The first-order valence-electron chi connectivity index (χ1n) is 8.70. The second kappa shape index (κ2) is 10.4. The lowest BCUT2D eigenvalue weighted by molar-refractivity contribution is 0.0692. The number of aryl methyl sites for hydroxylation is 1. The second-order valence-corrected chi connectivity index (χ2v) is 6.41. The lowest BCUT2D eigenvalue weighted by Gasteiger charge is -2.08. The van der Waals surface area contributed by atoms with E-state index in [0.717, 1.165) is 24.9 Å². The minimum Gasteiger partial charge on any atom is -0.507 e. The number of hydrogen-bond donors (Lipinski definition) is 3. The number of aromatic hydroxyl groups is 1. The van der Waals surface area contributed by atoms with Gasteiger partial charge in [-0.25, -0.2) is 4.79 Å². The molecule has 0 aliphatic heterocycles. The summed E-state index contributed by atoms with van der Waals surface area (Å²) in [6, 6.07) is 10.9. The largest absolute Gasteiger partial charge is 0.507 e. The molecule has 140 valence electrons. The number of carboxylic acids is 1. The lowest BCUT2D eigenvalue weighted by atomic mass is 9.96. The molecule has 26 heavy (non-hydrogen) atoms. The van der Waals surface area contributed by atoms with E-state index in [1.807, 2.05) is 6.92 Å². The summed E-state index contributed by atoms with van der Waals surface area (Å²) in [4.78, 5) is 23.6. The van der Waals surface area contributed by atoms with E-state index in [2.05, 4.69) is 13.8 Å². The normalized spacial score (nSPS) is 10.2. The van der Waals surface area contributed by atoms with Crippen molar-refractivity contribution in [3.8, 4) is 5.75 Å². The van der Waals surface area contributed by atoms with Gasteiger partial charge in [0, 0.05) is 5.56 Å². The summed E-state index contributed by atoms with van der Waals surface area (Å²) in [5.74, 6) is -1.12. The number of rotatable bonds is 6. The minimum absolute atomic E-state index is 0.0699. The molecule has 0 atom stereocenters. The summed E-state index contributed by atoms with van der Waals surface area (Å²) in [6.45, 7) is 7.03. The number of phenols is 1. The van der Waals surface area contributed by atoms with Crippen LogP contribution >= 0.6 is 0 Å². The van der Waals surface area contributed by atoms with E-state index in [4.69, 9.17) is 10.8 Å². The van der Waals surface area contributed by atoms with Gasteiger partial charge < -0.3 is 15.9 Å². The summed E-state index contributed by atoms with van der Waals surface area (Å²) in [5, 5.41) is 19.1. The molecular weight excluding hydrogens is 330 g/mol. The average molecular weight is 357 g/mol. The maximum atomic E-state index is 12.4. The maximum Gasteiger partial charge on any atom is 0.336 e. The third kappa shape index (κ3) is 6.01. The van der Waals surface area contributed by atoms with Crippen LogP contribution in [0.4, 0.5) is 0 Å². The van der Waals surface area contributed by atoms with E-state index in [0.29, 0.717) is 5.92 Å². The Labute approximate surface area is 154 Å². The van der Waals surface area contributed by atoms with Crippen LogP contribution in [0.5, 0.6) is 5.75 Å². The Balaban J connectivity index is 0.000000597. The van der Waals surface area contributed by atoms with Crippen molar-refractivity contribution in [3.05, 3.63) is 64.7 Å². The first kappa shape index (κ1) is 21.4. The number of carboxylic acid groups (broad SMARTS) is 1. The zero-order chi connectivity index (χ0) is 19.7. The van der Waals surface area contributed by atoms with E-state index >= 15 is 0 Å². The number of phenolic OH excluding ortho intramolecular Hbond substituents is 1. The number of carbonyl (C=O) groups excluding carboxylic acids is 1. The Bertz CT molecular complexity index is 753. The van der Waals surface area contributed by atoms with Crippen molar-refractivity contribution in [2.75, 3.05) is 6.54 Å². The lowest BCUT2D eigenvalue weighted by Crippen LogP contribution is -2.09. The van der Waals surface area contributed by atoms with Crippen LogP contribution in [-0.2, 0) is 6.42 Å². The molecule has 0 amide bonds. The molecule has 0 unspecified atom stereocenters. The van der Waals surface area contributed by atoms with Crippen LogP contribution in [0.25, 0.3) is 0 Å². The second-order valence-electron chi connectivity index (χ2n) is 6.41. The van der Waals surface area contributed by atoms with Crippen LogP contribution < -0.4 is 5.73 Å². The average Bonchev–Trinajstić information content (AvgIpc) is 2.62. The van der Waals surface area contributed by atoms with Crippen LogP contribution in [0.1, 0.15) is 59.0 Å². The zero-order valence-electron chi connectivity index (χ0n) is 15.5. The molecule has 5 heteroatoms. The summed E-state index contributed by atoms with van der Waals surface area (Å²) in [6.07, 6.45) is 1.75. The van der Waals surface area contributed by atoms with Crippen molar-refractivity contribution in [1.29, 1.82) is 0 Å². The van der Waals surface area contributed by atoms with E-state index in [1.54, 1.807) is 30.3 Å². The maximum absolute atomic E-state index is 12.4. The summed E-state index contributed by atoms with van der Waals surface area (Å²) >= 11 is 0. The number of nitrogens with two attached hydrogens (primary N) is 1. The van der Waals surface area contributed by atoms with Gasteiger partial charge in [0.25, 0.3) is 0 Å². The highest BCUT2D eigenvalue weighted by atomic mass is 16.4. The Kier molecular flexibility index (Phi) is 8.52. The predicted octanol–water partition coefficient (Wildman–Crippen LogP) is 3.88. The van der Waals surface area contributed by atoms with Crippen molar-refractivity contribution >= 4 is 11.8 Å². The molecule has 0 aliphatic carbocycles. The van der Waals surface area contributed by atoms with Gasteiger partial charge in [-0.05, 0) is 42.6 Å². The van der Waals surface area contributed by atoms with Gasteiger partial charge in [0.2, 0.25) is 0 Å². The molecule has 0 spiro atoms. The molecule has 0 heterocycles. The van der Waals surface area contributed by atoms with Crippen molar-refractivity contribution in [2.24, 2.45) is 11.7 Å². The molecule has 4 N–H and O–H groups in total. The smallest absolute Gasteiger partial charge is 0.336 e. The predicted molar refractivity (Wildman–Crippen MR) is 103 cm³/mol. The van der Waals surface area contributed by atoms with E-state index in [-0.39, 0.29) is 22.4 Å². The van der Waals surface area contributed by atoms with Crippen molar-refractivity contribution < 1.29 is 19.8 Å². The van der Waals surface area contributed by atoms with Crippen molar-refractivity contribution in [2.45, 2.75) is 33.6 Å². The fourth-order valence-electron chi connectivity index (χ4n) is 2.23. The molecule has 0 saturated carbocycles. The number of ketones is 1. The molecule has 0 bridgehead atoms. The third-order valence-corrected chi connectivity index (χ3v) is 3.72. The molecule has 2 aromatic rings. The van der Waals surface area contributed by atoms with Crippen molar-refractivity contribution in [3.63, 3.8) is 0 Å². The third-order valence-electron chi connectivity index (χ3n) is 3.72. The van der Waals surface area contributed by atoms with Gasteiger partial charge in [-0.15, -0.1) is 0 Å². The van der Waals surface area contributed by atoms with Crippen LogP contribution in [-0.4, -0.2) is 28.5 Å². The monoisotopic (exact) mass is 357 g/mol. The Morgan fingerprint density at radius 2 is 1.62 bits per heavy atom. The first-order chi connectivity index (χ1) is 12.3. The van der Waals surface area contributed by atoms with Gasteiger partial charge in [0.1, 0.15) is 5.75 Å². The summed E-state index contributed by atoms with van der Waals surface area (Å²) in [7, 11) is 0. The summed E-state index contributed by atoms with van der Waals surface area (Å²) < 4.78 is 0. The van der Waals surface area contributed by atoms with Crippen LogP contribution in [0.3, 0.4) is 0 Å². The number of aromatic carboxylic acids is 1. The topological polar surface area (TPSA) is 101 Å². The molecule has 0 saturated heterocycles. The Hall–Kier alpha value is -2.66. The fraction of sp³-hybridized carbons (Fsp3) is 0.333. The van der Waals surface area contributed by atoms with Crippen LogP contribution in [0.2, 0.25) is 0 Å².